The molecule has 1 N–H and O–H groups in total. The predicted octanol–water partition coefficient (Wildman–Crippen LogP) is 2.89. The predicted molar refractivity (Wildman–Crippen MR) is 61.3 cm³/mol. The topological polar surface area (TPSA) is 50.2 Å². The van der Waals surface area contributed by atoms with E-state index in [9.17, 15) is 9.18 Å². The minimum absolute atomic E-state index is 0.0941. The summed E-state index contributed by atoms with van der Waals surface area (Å²) in [6, 6.07) is 7.66. The van der Waals surface area contributed by atoms with Gasteiger partial charge in [0, 0.05) is 11.8 Å². The van der Waals surface area contributed by atoms with Crippen molar-refractivity contribution in [3.05, 3.63) is 53.6 Å². The Balaban J connectivity index is 2.56. The highest BCUT2D eigenvalue weighted by Crippen LogP contribution is 2.24. The second kappa shape index (κ2) is 4.33. The Bertz CT molecular complexity index is 581. The number of aryl methyl sites for hydroxylation is 1. The maximum absolute atomic E-state index is 13.6. The molecule has 2 aromatic rings. The molecule has 0 saturated carbocycles. The third-order valence-electron chi connectivity index (χ3n) is 2.41. The molecule has 0 aliphatic rings. The van der Waals surface area contributed by atoms with Crippen molar-refractivity contribution in [3.8, 4) is 11.1 Å². The van der Waals surface area contributed by atoms with Crippen molar-refractivity contribution in [1.29, 1.82) is 0 Å². The van der Waals surface area contributed by atoms with Crippen LogP contribution in [0.1, 0.15) is 16.1 Å². The number of benzene rings is 1. The molecule has 2 rings (SSSR count). The minimum atomic E-state index is -1.13. The first kappa shape index (κ1) is 11.3. The third kappa shape index (κ3) is 2.30. The van der Waals surface area contributed by atoms with Crippen molar-refractivity contribution in [2.45, 2.75) is 6.92 Å². The van der Waals surface area contributed by atoms with Crippen molar-refractivity contribution in [3.63, 3.8) is 0 Å². The molecule has 1 aromatic heterocycles. The molecule has 0 saturated heterocycles. The lowest BCUT2D eigenvalue weighted by molar-refractivity contribution is 0.0690. The molecule has 0 aliphatic heterocycles. The lowest BCUT2D eigenvalue weighted by atomic mass is 10.0. The molecule has 3 nitrogen and oxygen atoms in total. The lowest BCUT2D eigenvalue weighted by Gasteiger charge is -2.05. The van der Waals surface area contributed by atoms with Crippen LogP contribution in [0.3, 0.4) is 0 Å². The SMILES string of the molecule is Cc1ccc(F)c(-c2ccnc(C(=O)O)c2)c1. The summed E-state index contributed by atoms with van der Waals surface area (Å²) in [5, 5.41) is 8.82. The second-order valence-electron chi connectivity index (χ2n) is 3.72. The van der Waals surface area contributed by atoms with Gasteiger partial charge in [-0.05, 0) is 36.8 Å². The van der Waals surface area contributed by atoms with E-state index in [-0.39, 0.29) is 11.5 Å². The molecule has 4 heteroatoms. The standard InChI is InChI=1S/C13H10FNO2/c1-8-2-3-11(14)10(6-8)9-4-5-15-12(7-9)13(16)17/h2-7H,1H3,(H,16,17). The van der Waals surface area contributed by atoms with Gasteiger partial charge < -0.3 is 5.11 Å². The number of carbonyl (C=O) groups is 1. The molecular weight excluding hydrogens is 221 g/mol. The van der Waals surface area contributed by atoms with Gasteiger partial charge in [0.25, 0.3) is 0 Å². The third-order valence-corrected chi connectivity index (χ3v) is 2.41. The van der Waals surface area contributed by atoms with E-state index in [1.54, 1.807) is 18.2 Å². The zero-order valence-electron chi connectivity index (χ0n) is 9.14. The van der Waals surface area contributed by atoms with Crippen molar-refractivity contribution in [1.82, 2.24) is 4.98 Å². The van der Waals surface area contributed by atoms with Crippen LogP contribution in [0.15, 0.2) is 36.5 Å². The Morgan fingerprint density at radius 2 is 2.06 bits per heavy atom. The first-order valence-corrected chi connectivity index (χ1v) is 5.04. The van der Waals surface area contributed by atoms with E-state index in [0.29, 0.717) is 11.1 Å². The smallest absolute Gasteiger partial charge is 0.354 e. The fourth-order valence-electron chi connectivity index (χ4n) is 1.58. The lowest BCUT2D eigenvalue weighted by Crippen LogP contribution is -2.00. The van der Waals surface area contributed by atoms with E-state index >= 15 is 0 Å². The number of hydrogen-bond donors (Lipinski definition) is 1. The molecule has 0 radical (unpaired) electrons. The summed E-state index contributed by atoms with van der Waals surface area (Å²) < 4.78 is 13.6. The molecule has 0 spiro atoms. The zero-order chi connectivity index (χ0) is 12.4. The monoisotopic (exact) mass is 231 g/mol. The van der Waals surface area contributed by atoms with E-state index in [2.05, 4.69) is 4.98 Å². The van der Waals surface area contributed by atoms with Crippen molar-refractivity contribution < 1.29 is 14.3 Å². The maximum atomic E-state index is 13.6. The number of hydrogen-bond acceptors (Lipinski definition) is 2. The number of halogens is 1. The summed E-state index contributed by atoms with van der Waals surface area (Å²) in [5.74, 6) is -1.50. The normalized spacial score (nSPS) is 10.2. The van der Waals surface area contributed by atoms with Crippen LogP contribution < -0.4 is 0 Å². The minimum Gasteiger partial charge on any atom is -0.477 e. The first-order valence-electron chi connectivity index (χ1n) is 5.04. The Kier molecular flexibility index (Phi) is 2.87. The molecule has 17 heavy (non-hydrogen) atoms. The Morgan fingerprint density at radius 3 is 2.76 bits per heavy atom. The fourth-order valence-corrected chi connectivity index (χ4v) is 1.58. The number of nitrogens with zero attached hydrogens (tertiary/aromatic N) is 1. The number of aromatic carboxylic acids is 1. The zero-order valence-corrected chi connectivity index (χ0v) is 9.14. The molecule has 0 amide bonds. The number of pyridine rings is 1. The Morgan fingerprint density at radius 1 is 1.29 bits per heavy atom. The van der Waals surface area contributed by atoms with Crippen molar-refractivity contribution >= 4 is 5.97 Å². The molecule has 1 aromatic carbocycles. The molecule has 0 fully saturated rings. The van der Waals surface area contributed by atoms with Gasteiger partial charge >= 0.3 is 5.97 Å². The number of rotatable bonds is 2. The summed E-state index contributed by atoms with van der Waals surface area (Å²) in [5.41, 5.74) is 1.71. The van der Waals surface area contributed by atoms with Gasteiger partial charge in [0.05, 0.1) is 0 Å². The van der Waals surface area contributed by atoms with Gasteiger partial charge in [-0.15, -0.1) is 0 Å². The molecule has 0 unspecified atom stereocenters. The average molecular weight is 231 g/mol. The van der Waals surface area contributed by atoms with Crippen LogP contribution in [0.2, 0.25) is 0 Å². The van der Waals surface area contributed by atoms with E-state index in [1.807, 2.05) is 6.92 Å². The number of carboxylic acid groups (broad SMARTS) is 1. The van der Waals surface area contributed by atoms with E-state index < -0.39 is 5.97 Å². The summed E-state index contributed by atoms with van der Waals surface area (Å²) in [6.45, 7) is 1.85. The average Bonchev–Trinajstić information content (AvgIpc) is 2.32. The van der Waals surface area contributed by atoms with Gasteiger partial charge in [-0.2, -0.15) is 0 Å². The molecule has 1 heterocycles. The molecule has 0 aliphatic carbocycles. The van der Waals surface area contributed by atoms with Gasteiger partial charge in [0.1, 0.15) is 11.5 Å². The van der Waals surface area contributed by atoms with Crippen LogP contribution in [-0.2, 0) is 0 Å². The quantitative estimate of drug-likeness (QED) is 0.864. The van der Waals surface area contributed by atoms with E-state index in [0.717, 1.165) is 5.56 Å². The van der Waals surface area contributed by atoms with Crippen molar-refractivity contribution in [2.75, 3.05) is 0 Å². The number of carboxylic acids is 1. The van der Waals surface area contributed by atoms with Crippen LogP contribution in [0.5, 0.6) is 0 Å². The fraction of sp³-hybridized carbons (Fsp3) is 0.0769. The van der Waals surface area contributed by atoms with Gasteiger partial charge in [-0.1, -0.05) is 11.6 Å². The van der Waals surface area contributed by atoms with Gasteiger partial charge in [0.15, 0.2) is 0 Å². The highest BCUT2D eigenvalue weighted by molar-refractivity contribution is 5.87. The van der Waals surface area contributed by atoms with Gasteiger partial charge in [-0.25, -0.2) is 14.2 Å². The van der Waals surface area contributed by atoms with Crippen LogP contribution in [-0.4, -0.2) is 16.1 Å². The van der Waals surface area contributed by atoms with Gasteiger partial charge in [-0.3, -0.25) is 0 Å². The maximum Gasteiger partial charge on any atom is 0.354 e. The van der Waals surface area contributed by atoms with Crippen LogP contribution >= 0.6 is 0 Å². The van der Waals surface area contributed by atoms with E-state index in [4.69, 9.17) is 5.11 Å². The van der Waals surface area contributed by atoms with E-state index in [1.165, 1.54) is 18.3 Å². The highest BCUT2D eigenvalue weighted by atomic mass is 19.1. The Labute approximate surface area is 97.6 Å². The molecule has 0 bridgehead atoms. The number of aromatic nitrogens is 1. The van der Waals surface area contributed by atoms with Crippen LogP contribution in [0, 0.1) is 12.7 Å². The largest absolute Gasteiger partial charge is 0.477 e. The summed E-state index contributed by atoms with van der Waals surface area (Å²) in [7, 11) is 0. The van der Waals surface area contributed by atoms with Crippen LogP contribution in [0.25, 0.3) is 11.1 Å². The summed E-state index contributed by atoms with van der Waals surface area (Å²) >= 11 is 0. The summed E-state index contributed by atoms with van der Waals surface area (Å²) in [6.07, 6.45) is 1.36. The van der Waals surface area contributed by atoms with Gasteiger partial charge in [0.2, 0.25) is 0 Å². The summed E-state index contributed by atoms with van der Waals surface area (Å²) in [4.78, 5) is 14.5. The van der Waals surface area contributed by atoms with Crippen LogP contribution in [0.4, 0.5) is 4.39 Å². The van der Waals surface area contributed by atoms with Crippen molar-refractivity contribution in [2.24, 2.45) is 0 Å². The highest BCUT2D eigenvalue weighted by Gasteiger charge is 2.09. The second-order valence-corrected chi connectivity index (χ2v) is 3.72. The first-order chi connectivity index (χ1) is 8.08. The molecule has 86 valence electrons. The molecule has 0 atom stereocenters. The molecular formula is C13H10FNO2. The Hall–Kier alpha value is -2.23.